The Morgan fingerprint density at radius 1 is 0.891 bits per heavy atom. The van der Waals surface area contributed by atoms with Crippen molar-refractivity contribution >= 4 is 23.8 Å². The zero-order valence-corrected chi connectivity index (χ0v) is 27.4. The highest BCUT2D eigenvalue weighted by atomic mass is 16.6. The van der Waals surface area contributed by atoms with Crippen LogP contribution in [0.1, 0.15) is 81.4 Å². The number of carbonyl (C=O) groups excluding carboxylic acids is 4. The second kappa shape index (κ2) is 24.5. The van der Waals surface area contributed by atoms with Crippen molar-refractivity contribution in [2.45, 2.75) is 84.3 Å². The van der Waals surface area contributed by atoms with Crippen molar-refractivity contribution in [1.82, 2.24) is 15.6 Å². The van der Waals surface area contributed by atoms with Crippen molar-refractivity contribution in [3.63, 3.8) is 0 Å². The molecule has 1 aromatic heterocycles. The molecule has 0 spiro atoms. The van der Waals surface area contributed by atoms with Gasteiger partial charge < -0.3 is 25.3 Å². The minimum Gasteiger partial charge on any atom is -0.618 e. The monoisotopic (exact) mass is 636 g/mol. The Morgan fingerprint density at radius 3 is 1.91 bits per heavy atom. The number of rotatable bonds is 21. The van der Waals surface area contributed by atoms with E-state index < -0.39 is 36.5 Å². The van der Waals surface area contributed by atoms with Gasteiger partial charge in [0.1, 0.15) is 12.6 Å². The summed E-state index contributed by atoms with van der Waals surface area (Å²) in [6.07, 6.45) is 32.6. The fourth-order valence-electron chi connectivity index (χ4n) is 3.72. The fraction of sp³-hybridized carbons (Fsp3) is 0.429. The summed E-state index contributed by atoms with van der Waals surface area (Å²) in [5.41, 5.74) is 0.0509. The van der Waals surface area contributed by atoms with E-state index in [-0.39, 0.29) is 23.7 Å². The van der Waals surface area contributed by atoms with E-state index >= 15 is 0 Å². The van der Waals surface area contributed by atoms with E-state index in [1.807, 2.05) is 12.2 Å². The zero-order valence-electron chi connectivity index (χ0n) is 27.4. The van der Waals surface area contributed by atoms with E-state index in [4.69, 9.17) is 9.47 Å². The predicted octanol–water partition coefficient (Wildman–Crippen LogP) is 4.82. The SMILES string of the molecule is CC/C=C\C/C=C\C/C=C\C/C=C\C/C=C\C/C=C\CCC(=O)NCC(=O)OC(C)C(NC(=O)c1c[n+]([O-])c(C)cn1)C(=O)OC. The summed E-state index contributed by atoms with van der Waals surface area (Å²) >= 11 is 0. The second-order valence-corrected chi connectivity index (χ2v) is 10.1. The molecule has 0 aliphatic heterocycles. The summed E-state index contributed by atoms with van der Waals surface area (Å²) in [6.45, 7) is 4.63. The first-order valence-corrected chi connectivity index (χ1v) is 15.5. The molecule has 250 valence electrons. The highest BCUT2D eigenvalue weighted by molar-refractivity contribution is 5.95. The van der Waals surface area contributed by atoms with Crippen molar-refractivity contribution in [1.29, 1.82) is 0 Å². The fourth-order valence-corrected chi connectivity index (χ4v) is 3.72. The molecule has 0 saturated heterocycles. The number of hydrogen-bond acceptors (Lipinski definition) is 8. The summed E-state index contributed by atoms with van der Waals surface area (Å²) in [5.74, 6) is -2.83. The summed E-state index contributed by atoms with van der Waals surface area (Å²) in [7, 11) is 1.11. The normalized spacial score (nSPS) is 13.3. The van der Waals surface area contributed by atoms with Crippen LogP contribution in [-0.4, -0.2) is 54.5 Å². The quantitative estimate of drug-likeness (QED) is 0.0844. The maximum atomic E-state index is 12.5. The van der Waals surface area contributed by atoms with Crippen LogP contribution in [0.5, 0.6) is 0 Å². The molecule has 0 radical (unpaired) electrons. The van der Waals surface area contributed by atoms with Gasteiger partial charge in [0.15, 0.2) is 11.7 Å². The van der Waals surface area contributed by atoms with Crippen molar-refractivity contribution in [3.8, 4) is 0 Å². The molecular weight excluding hydrogens is 588 g/mol. The minimum absolute atomic E-state index is 0.190. The Balaban J connectivity index is 2.27. The average molecular weight is 637 g/mol. The average Bonchev–Trinajstić information content (AvgIpc) is 3.04. The molecular formula is C35H48N4O7. The van der Waals surface area contributed by atoms with Gasteiger partial charge in [0.25, 0.3) is 5.91 Å². The lowest BCUT2D eigenvalue weighted by Crippen LogP contribution is -2.50. The molecule has 11 heteroatoms. The molecule has 2 amide bonds. The molecule has 2 unspecified atom stereocenters. The van der Waals surface area contributed by atoms with Crippen LogP contribution in [0.3, 0.4) is 0 Å². The van der Waals surface area contributed by atoms with Crippen molar-refractivity contribution in [2.24, 2.45) is 0 Å². The van der Waals surface area contributed by atoms with Gasteiger partial charge >= 0.3 is 11.9 Å². The van der Waals surface area contributed by atoms with Crippen LogP contribution >= 0.6 is 0 Å². The Kier molecular flexibility index (Phi) is 20.9. The van der Waals surface area contributed by atoms with E-state index in [0.29, 0.717) is 11.2 Å². The molecule has 0 fully saturated rings. The van der Waals surface area contributed by atoms with Crippen molar-refractivity contribution < 1.29 is 33.4 Å². The maximum Gasteiger partial charge on any atom is 0.332 e. The highest BCUT2D eigenvalue weighted by Crippen LogP contribution is 2.05. The molecule has 2 atom stereocenters. The third-order valence-corrected chi connectivity index (χ3v) is 6.30. The Hall–Kier alpha value is -4.80. The van der Waals surface area contributed by atoms with E-state index in [9.17, 15) is 24.4 Å². The van der Waals surface area contributed by atoms with Crippen LogP contribution in [0.15, 0.2) is 85.3 Å². The van der Waals surface area contributed by atoms with Gasteiger partial charge in [-0.05, 0) is 51.9 Å². The highest BCUT2D eigenvalue weighted by Gasteiger charge is 2.32. The zero-order chi connectivity index (χ0) is 34.0. The number of ether oxygens (including phenoxy) is 2. The van der Waals surface area contributed by atoms with Gasteiger partial charge in [-0.1, -0.05) is 79.8 Å². The molecule has 2 N–H and O–H groups in total. The number of aromatic nitrogens is 2. The lowest BCUT2D eigenvalue weighted by molar-refractivity contribution is -0.613. The van der Waals surface area contributed by atoms with Crippen LogP contribution in [0.2, 0.25) is 0 Å². The molecule has 1 rings (SSSR count). The van der Waals surface area contributed by atoms with Gasteiger partial charge in [-0.25, -0.2) is 9.78 Å². The summed E-state index contributed by atoms with van der Waals surface area (Å²) in [6, 6.07) is -1.37. The third-order valence-electron chi connectivity index (χ3n) is 6.30. The van der Waals surface area contributed by atoms with Crippen LogP contribution in [0.25, 0.3) is 0 Å². The van der Waals surface area contributed by atoms with Crippen LogP contribution in [0.4, 0.5) is 0 Å². The van der Waals surface area contributed by atoms with Gasteiger partial charge in [0.2, 0.25) is 17.8 Å². The van der Waals surface area contributed by atoms with Crippen molar-refractivity contribution in [3.05, 3.63) is 102 Å². The topological polar surface area (TPSA) is 151 Å². The van der Waals surface area contributed by atoms with E-state index in [1.165, 1.54) is 20.0 Å². The van der Waals surface area contributed by atoms with Gasteiger partial charge in [0.05, 0.1) is 13.3 Å². The van der Waals surface area contributed by atoms with Crippen LogP contribution in [-0.2, 0) is 23.9 Å². The smallest absolute Gasteiger partial charge is 0.332 e. The molecule has 1 aromatic rings. The summed E-state index contributed by atoms with van der Waals surface area (Å²) in [4.78, 5) is 53.0. The van der Waals surface area contributed by atoms with E-state index in [1.54, 1.807) is 0 Å². The number of esters is 2. The van der Waals surface area contributed by atoms with E-state index in [0.717, 1.165) is 51.8 Å². The van der Waals surface area contributed by atoms with E-state index in [2.05, 4.69) is 83.3 Å². The first-order valence-electron chi connectivity index (χ1n) is 15.5. The van der Waals surface area contributed by atoms with Crippen LogP contribution in [0, 0.1) is 12.1 Å². The van der Waals surface area contributed by atoms with Gasteiger partial charge in [-0.3, -0.25) is 14.4 Å². The van der Waals surface area contributed by atoms with Crippen molar-refractivity contribution in [2.75, 3.05) is 13.7 Å². The number of hydrogen-bond donors (Lipinski definition) is 2. The predicted molar refractivity (Wildman–Crippen MR) is 177 cm³/mol. The number of nitrogens with one attached hydrogen (secondary N) is 2. The largest absolute Gasteiger partial charge is 0.618 e. The second-order valence-electron chi connectivity index (χ2n) is 10.1. The Bertz CT molecular complexity index is 1280. The molecule has 46 heavy (non-hydrogen) atoms. The molecule has 0 saturated carbocycles. The first kappa shape index (κ1) is 39.2. The minimum atomic E-state index is -1.37. The maximum absolute atomic E-state index is 12.5. The molecule has 0 bridgehead atoms. The number of nitrogens with zero attached hydrogens (tertiary/aromatic N) is 2. The Labute approximate surface area is 272 Å². The standard InChI is InChI=1S/C35H48N4O7/c1-5-6-7-8-9-10-11-12-13-14-15-16-17-18-19-20-21-22-23-24-31(40)37-26-32(41)46-29(3)33(35(43)45-4)38-34(42)30-27-39(44)28(2)25-36-30/h6-7,9-10,12-13,15-16,18-19,21-22,25,27,29,33H,5,8,11,14,17,20,23-24,26H2,1-4H3,(H,37,40)(H,38,42)/b7-6-,10-9-,13-12-,16-15-,19-18-,22-21-. The summed E-state index contributed by atoms with van der Waals surface area (Å²) < 4.78 is 10.4. The molecule has 0 aliphatic carbocycles. The third kappa shape index (κ3) is 18.1. The molecule has 0 aromatic carbocycles. The summed E-state index contributed by atoms with van der Waals surface area (Å²) in [5, 5.41) is 16.6. The number of methoxy groups -OCH3 is 1. The molecule has 0 aliphatic rings. The van der Waals surface area contributed by atoms with Gasteiger partial charge in [-0.15, -0.1) is 0 Å². The lowest BCUT2D eigenvalue weighted by Gasteiger charge is -2.22. The molecule has 11 nitrogen and oxygen atoms in total. The number of aryl methyl sites for hydroxylation is 1. The Morgan fingerprint density at radius 2 is 1.41 bits per heavy atom. The number of carbonyl (C=O) groups is 4. The number of allylic oxidation sites excluding steroid dienone is 12. The van der Waals surface area contributed by atoms with Gasteiger partial charge in [0, 0.05) is 13.3 Å². The number of amides is 2. The first-order chi connectivity index (χ1) is 22.2. The molecule has 1 heterocycles. The van der Waals surface area contributed by atoms with Gasteiger partial charge in [-0.2, -0.15) is 4.73 Å². The lowest BCUT2D eigenvalue weighted by atomic mass is 10.1. The van der Waals surface area contributed by atoms with Crippen LogP contribution < -0.4 is 15.4 Å².